The monoisotopic (exact) mass is 491 g/mol. The van der Waals surface area contributed by atoms with Gasteiger partial charge in [0.1, 0.15) is 11.5 Å². The number of nitrogens with one attached hydrogen (secondary N) is 1. The van der Waals surface area contributed by atoms with E-state index >= 15 is 0 Å². The predicted octanol–water partition coefficient (Wildman–Crippen LogP) is 3.48. The number of carbonyl (C=O) groups excluding carboxylic acids is 1. The van der Waals surface area contributed by atoms with Gasteiger partial charge in [-0.1, -0.05) is 18.5 Å². The van der Waals surface area contributed by atoms with Gasteiger partial charge in [0.05, 0.1) is 36.5 Å². The molecular weight excluding hydrogens is 458 g/mol. The van der Waals surface area contributed by atoms with Crippen LogP contribution in [-0.4, -0.2) is 73.6 Å². The van der Waals surface area contributed by atoms with E-state index in [1.54, 1.807) is 9.47 Å². The molecule has 9 nitrogen and oxygen atoms in total. The minimum atomic E-state index is -0.417. The Morgan fingerprint density at radius 3 is 2.56 bits per heavy atom. The van der Waals surface area contributed by atoms with Crippen LogP contribution >= 0.6 is 11.6 Å². The molecule has 1 aromatic carbocycles. The lowest BCUT2D eigenvalue weighted by Gasteiger charge is -2.23. The molecule has 1 N–H and O–H groups in total. The van der Waals surface area contributed by atoms with Crippen molar-refractivity contribution in [2.45, 2.75) is 45.9 Å². The third-order valence-electron chi connectivity index (χ3n) is 6.01. The predicted molar refractivity (Wildman–Crippen MR) is 135 cm³/mol. The van der Waals surface area contributed by atoms with E-state index in [1.807, 2.05) is 58.0 Å². The molecule has 1 fully saturated rings. The number of aryl methyl sites for hydroxylation is 1. The van der Waals surface area contributed by atoms with Crippen molar-refractivity contribution in [3.63, 3.8) is 0 Å². The van der Waals surface area contributed by atoms with Crippen molar-refractivity contribution in [3.8, 4) is 11.4 Å². The van der Waals surface area contributed by atoms with Crippen LogP contribution in [0.1, 0.15) is 26.5 Å². The Labute approximate surface area is 205 Å². The molecule has 1 amide bonds. The van der Waals surface area contributed by atoms with Crippen molar-refractivity contribution in [1.29, 1.82) is 0 Å². The summed E-state index contributed by atoms with van der Waals surface area (Å²) in [5, 5.41) is 3.89. The Balaban J connectivity index is 2.03. The number of hydrogen-bond donors (Lipinski definition) is 1. The minimum Gasteiger partial charge on any atom is -0.453 e. The number of methoxy groups -OCH3 is 1. The first-order valence-electron chi connectivity index (χ1n) is 11.6. The Kier molecular flexibility index (Phi) is 8.43. The van der Waals surface area contributed by atoms with Crippen molar-refractivity contribution in [2.24, 2.45) is 0 Å². The molecule has 186 valence electrons. The van der Waals surface area contributed by atoms with Crippen LogP contribution in [0.15, 0.2) is 23.0 Å². The Morgan fingerprint density at radius 2 is 2.00 bits per heavy atom. The third kappa shape index (κ3) is 5.15. The number of aromatic nitrogens is 2. The number of nitrogens with zero attached hydrogens (tertiary/aromatic N) is 4. The number of anilines is 2. The van der Waals surface area contributed by atoms with E-state index in [2.05, 4.69) is 5.32 Å². The quantitative estimate of drug-likeness (QED) is 0.604. The number of hydrogen-bond acceptors (Lipinski definition) is 7. The maximum absolute atomic E-state index is 13.6. The van der Waals surface area contributed by atoms with Gasteiger partial charge < -0.3 is 24.6 Å². The zero-order valence-electron chi connectivity index (χ0n) is 20.7. The molecule has 1 saturated heterocycles. The molecule has 1 aromatic heterocycles. The standard InChI is InChI=1S/C24H34ClN5O4/c1-7-18-21(26-19-13-29(24(32)33-6)14-20(19)34-9-3)23(31)30(8-2)22(27-18)16-11-10-15(28(4)5)12-17(16)25/h10-12,19-20,26H,7-9,13-14H2,1-6H3/t19-,20+/m1/s1. The normalized spacial score (nSPS) is 17.7. The molecule has 1 aliphatic rings. The second-order valence-corrected chi connectivity index (χ2v) is 8.75. The first-order chi connectivity index (χ1) is 16.2. The molecule has 0 radical (unpaired) electrons. The highest BCUT2D eigenvalue weighted by Gasteiger charge is 2.37. The lowest BCUT2D eigenvalue weighted by atomic mass is 10.1. The third-order valence-corrected chi connectivity index (χ3v) is 6.33. The molecule has 1 aliphatic heterocycles. The smallest absolute Gasteiger partial charge is 0.409 e. The van der Waals surface area contributed by atoms with E-state index in [1.165, 1.54) is 7.11 Å². The van der Waals surface area contributed by atoms with E-state index in [-0.39, 0.29) is 17.7 Å². The Hall–Kier alpha value is -2.78. The van der Waals surface area contributed by atoms with Crippen LogP contribution < -0.4 is 15.8 Å². The maximum Gasteiger partial charge on any atom is 0.409 e. The van der Waals surface area contributed by atoms with Gasteiger partial charge in [0.25, 0.3) is 5.56 Å². The summed E-state index contributed by atoms with van der Waals surface area (Å²) in [6, 6.07) is 5.46. The highest BCUT2D eigenvalue weighted by molar-refractivity contribution is 6.33. The van der Waals surface area contributed by atoms with E-state index in [0.717, 1.165) is 5.69 Å². The molecule has 0 spiro atoms. The van der Waals surface area contributed by atoms with Crippen LogP contribution in [0, 0.1) is 0 Å². The second kappa shape index (κ2) is 11.1. The highest BCUT2D eigenvalue weighted by atomic mass is 35.5. The van der Waals surface area contributed by atoms with E-state index in [0.29, 0.717) is 60.5 Å². The number of halogens is 1. The summed E-state index contributed by atoms with van der Waals surface area (Å²) in [5.74, 6) is 0.536. The van der Waals surface area contributed by atoms with Gasteiger partial charge in [-0.2, -0.15) is 0 Å². The molecule has 0 unspecified atom stereocenters. The fourth-order valence-electron chi connectivity index (χ4n) is 4.22. The summed E-state index contributed by atoms with van der Waals surface area (Å²) in [6.07, 6.45) is -0.133. The van der Waals surface area contributed by atoms with Gasteiger partial charge in [0.2, 0.25) is 0 Å². The summed E-state index contributed by atoms with van der Waals surface area (Å²) in [6.45, 7) is 7.45. The summed E-state index contributed by atoms with van der Waals surface area (Å²) in [4.78, 5) is 34.1. The molecule has 2 aromatic rings. The number of rotatable bonds is 8. The van der Waals surface area contributed by atoms with Crippen molar-refractivity contribution in [1.82, 2.24) is 14.5 Å². The van der Waals surface area contributed by atoms with Gasteiger partial charge >= 0.3 is 6.09 Å². The number of likely N-dealkylation sites (tertiary alicyclic amines) is 1. The highest BCUT2D eigenvalue weighted by Crippen LogP contribution is 2.31. The summed E-state index contributed by atoms with van der Waals surface area (Å²) in [5.41, 5.74) is 2.56. The zero-order chi connectivity index (χ0) is 25.0. The molecule has 0 aliphatic carbocycles. The number of benzene rings is 1. The second-order valence-electron chi connectivity index (χ2n) is 8.34. The average molecular weight is 492 g/mol. The minimum absolute atomic E-state index is 0.177. The molecule has 10 heteroatoms. The van der Waals surface area contributed by atoms with Gasteiger partial charge in [0.15, 0.2) is 0 Å². The van der Waals surface area contributed by atoms with E-state index in [4.69, 9.17) is 26.1 Å². The van der Waals surface area contributed by atoms with Crippen molar-refractivity contribution in [2.75, 3.05) is 51.1 Å². The number of ether oxygens (including phenoxy) is 2. The fraction of sp³-hybridized carbons (Fsp3) is 0.542. The summed E-state index contributed by atoms with van der Waals surface area (Å²) in [7, 11) is 5.24. The molecular formula is C24H34ClN5O4. The van der Waals surface area contributed by atoms with Gasteiger partial charge in [-0.05, 0) is 38.5 Å². The number of amides is 1. The van der Waals surface area contributed by atoms with Crippen molar-refractivity contribution in [3.05, 3.63) is 39.3 Å². The van der Waals surface area contributed by atoms with Gasteiger partial charge in [-0.3, -0.25) is 9.36 Å². The molecule has 0 saturated carbocycles. The molecule has 2 atom stereocenters. The van der Waals surface area contributed by atoms with Crippen molar-refractivity contribution >= 4 is 29.1 Å². The van der Waals surface area contributed by atoms with Crippen LogP contribution in [0.3, 0.4) is 0 Å². The summed E-state index contributed by atoms with van der Waals surface area (Å²) < 4.78 is 12.4. The van der Waals surface area contributed by atoms with Gasteiger partial charge in [-0.25, -0.2) is 9.78 Å². The first-order valence-corrected chi connectivity index (χ1v) is 11.9. The van der Waals surface area contributed by atoms with Crippen LogP contribution in [0.25, 0.3) is 11.4 Å². The molecule has 0 bridgehead atoms. The van der Waals surface area contributed by atoms with Crippen LogP contribution in [0.2, 0.25) is 5.02 Å². The SMILES string of the molecule is CCO[C@H]1CN(C(=O)OC)C[C@H]1Nc1c(CC)nc(-c2ccc(N(C)C)cc2Cl)n(CC)c1=O. The van der Waals surface area contributed by atoms with E-state index in [9.17, 15) is 9.59 Å². The van der Waals surface area contributed by atoms with Crippen molar-refractivity contribution < 1.29 is 14.3 Å². The summed E-state index contributed by atoms with van der Waals surface area (Å²) >= 11 is 6.61. The molecule has 2 heterocycles. The Bertz CT molecular complexity index is 1090. The average Bonchev–Trinajstić information content (AvgIpc) is 3.22. The molecule has 34 heavy (non-hydrogen) atoms. The van der Waals surface area contributed by atoms with Gasteiger partial charge in [-0.15, -0.1) is 0 Å². The molecule has 3 rings (SSSR count). The zero-order valence-corrected chi connectivity index (χ0v) is 21.5. The lowest BCUT2D eigenvalue weighted by molar-refractivity contribution is 0.0614. The Morgan fingerprint density at radius 1 is 1.26 bits per heavy atom. The first kappa shape index (κ1) is 25.8. The topological polar surface area (TPSA) is 88.9 Å². The largest absolute Gasteiger partial charge is 0.453 e. The van der Waals surface area contributed by atoms with Gasteiger partial charge in [0, 0.05) is 45.0 Å². The van der Waals surface area contributed by atoms with E-state index < -0.39 is 6.09 Å². The van der Waals surface area contributed by atoms with Crippen LogP contribution in [0.5, 0.6) is 0 Å². The lowest BCUT2D eigenvalue weighted by Crippen LogP contribution is -2.38. The maximum atomic E-state index is 13.6. The fourth-order valence-corrected chi connectivity index (χ4v) is 4.48. The van der Waals surface area contributed by atoms with Crippen LogP contribution in [0.4, 0.5) is 16.2 Å². The van der Waals surface area contributed by atoms with Crippen LogP contribution in [-0.2, 0) is 22.4 Å². The number of carbonyl (C=O) groups is 1.